The van der Waals surface area contributed by atoms with Gasteiger partial charge in [0.25, 0.3) is 11.8 Å². The Kier molecular flexibility index (Phi) is 5.18. The summed E-state index contributed by atoms with van der Waals surface area (Å²) in [5.74, 6) is -0.172. The third kappa shape index (κ3) is 3.58. The lowest BCUT2D eigenvalue weighted by atomic mass is 9.94. The fraction of sp³-hybridized carbons (Fsp3) is 0.417. The third-order valence-electron chi connectivity index (χ3n) is 6.64. The smallest absolute Gasteiger partial charge is 0.263 e. The summed E-state index contributed by atoms with van der Waals surface area (Å²) in [7, 11) is 0. The van der Waals surface area contributed by atoms with Crippen LogP contribution in [0.25, 0.3) is 0 Å². The quantitative estimate of drug-likeness (QED) is 0.714. The number of amides is 3. The number of aromatic nitrogens is 1. The van der Waals surface area contributed by atoms with Crippen molar-refractivity contribution in [2.45, 2.75) is 32.2 Å². The maximum absolute atomic E-state index is 13.2. The molecule has 1 aromatic heterocycles. The number of carbonyl (C=O) groups excluding carboxylic acids is 3. The molecule has 2 aromatic rings. The average Bonchev–Trinajstić information content (AvgIpc) is 3.43. The number of benzene rings is 1. The number of piperidine rings is 1. The van der Waals surface area contributed by atoms with Gasteiger partial charge in [-0.25, -0.2) is 0 Å². The summed E-state index contributed by atoms with van der Waals surface area (Å²) in [6.45, 7) is 3.41. The molecule has 0 bridgehead atoms. The fourth-order valence-corrected chi connectivity index (χ4v) is 4.96. The second-order valence-corrected chi connectivity index (χ2v) is 8.55. The first-order valence-electron chi connectivity index (χ1n) is 11.1. The molecule has 5 rings (SSSR count). The summed E-state index contributed by atoms with van der Waals surface area (Å²) in [5.41, 5.74) is 2.57. The summed E-state index contributed by atoms with van der Waals surface area (Å²) in [4.78, 5) is 48.4. The summed E-state index contributed by atoms with van der Waals surface area (Å²) < 4.78 is 0. The second-order valence-electron chi connectivity index (χ2n) is 8.55. The summed E-state index contributed by atoms with van der Waals surface area (Å²) in [6, 6.07) is 9.15. The number of imide groups is 1. The number of fused-ring (bicyclic) bond motifs is 1. The van der Waals surface area contributed by atoms with Gasteiger partial charge in [0.1, 0.15) is 0 Å². The first-order valence-corrected chi connectivity index (χ1v) is 11.1. The highest BCUT2D eigenvalue weighted by atomic mass is 16.2. The molecule has 0 N–H and O–H groups in total. The predicted octanol–water partition coefficient (Wildman–Crippen LogP) is 2.72. The van der Waals surface area contributed by atoms with Gasteiger partial charge in [-0.05, 0) is 49.4 Å². The van der Waals surface area contributed by atoms with Crippen molar-refractivity contribution in [2.75, 3.05) is 31.1 Å². The zero-order chi connectivity index (χ0) is 21.4. The van der Waals surface area contributed by atoms with E-state index in [1.165, 1.54) is 4.90 Å². The van der Waals surface area contributed by atoms with Crippen molar-refractivity contribution in [1.82, 2.24) is 14.8 Å². The van der Waals surface area contributed by atoms with Crippen LogP contribution in [-0.2, 0) is 11.3 Å². The van der Waals surface area contributed by atoms with Gasteiger partial charge < -0.3 is 9.80 Å². The molecule has 3 amide bonds. The number of rotatable bonds is 4. The molecule has 0 spiro atoms. The third-order valence-corrected chi connectivity index (χ3v) is 6.64. The van der Waals surface area contributed by atoms with Crippen molar-refractivity contribution in [3.05, 3.63) is 59.4 Å². The highest BCUT2D eigenvalue weighted by Crippen LogP contribution is 2.35. The van der Waals surface area contributed by atoms with Crippen molar-refractivity contribution in [1.29, 1.82) is 0 Å². The van der Waals surface area contributed by atoms with Gasteiger partial charge >= 0.3 is 0 Å². The van der Waals surface area contributed by atoms with E-state index in [-0.39, 0.29) is 30.2 Å². The van der Waals surface area contributed by atoms with Crippen LogP contribution in [-0.4, -0.2) is 58.7 Å². The Labute approximate surface area is 181 Å². The standard InChI is InChI=1S/C24H26N4O3/c29-22(27-11-1-2-12-27)18-8-13-26(14-9-18)20-7-3-6-19-21(20)24(31)28(23(19)30)16-17-5-4-10-25-15-17/h3-7,10,15,18H,1-2,8-9,11-14,16H2. The lowest BCUT2D eigenvalue weighted by Gasteiger charge is -2.35. The van der Waals surface area contributed by atoms with Crippen molar-refractivity contribution < 1.29 is 14.4 Å². The molecule has 7 heteroatoms. The Hall–Kier alpha value is -3.22. The number of hydrogen-bond acceptors (Lipinski definition) is 5. The molecule has 3 aliphatic heterocycles. The van der Waals surface area contributed by atoms with Crippen molar-refractivity contribution in [2.24, 2.45) is 5.92 Å². The van der Waals surface area contributed by atoms with Gasteiger partial charge in [0.15, 0.2) is 0 Å². The summed E-state index contributed by atoms with van der Waals surface area (Å²) >= 11 is 0. The molecule has 0 aliphatic carbocycles. The minimum Gasteiger partial charge on any atom is -0.371 e. The van der Waals surface area contributed by atoms with E-state index in [0.717, 1.165) is 50.0 Å². The molecule has 0 saturated carbocycles. The van der Waals surface area contributed by atoms with Crippen LogP contribution in [0.5, 0.6) is 0 Å². The first-order chi connectivity index (χ1) is 15.1. The maximum atomic E-state index is 13.2. The lowest BCUT2D eigenvalue weighted by Crippen LogP contribution is -2.42. The number of anilines is 1. The monoisotopic (exact) mass is 418 g/mol. The lowest BCUT2D eigenvalue weighted by molar-refractivity contribution is -0.135. The van der Waals surface area contributed by atoms with Crippen LogP contribution in [0.1, 0.15) is 52.0 Å². The van der Waals surface area contributed by atoms with Gasteiger partial charge in [-0.1, -0.05) is 12.1 Å². The number of nitrogens with zero attached hydrogens (tertiary/aromatic N) is 4. The Morgan fingerprint density at radius 2 is 1.74 bits per heavy atom. The fourth-order valence-electron chi connectivity index (χ4n) is 4.96. The normalized spacial score (nSPS) is 19.3. The number of pyridine rings is 1. The van der Waals surface area contributed by atoms with E-state index in [1.807, 2.05) is 23.1 Å². The minimum absolute atomic E-state index is 0.0607. The number of likely N-dealkylation sites (tertiary alicyclic amines) is 1. The van der Waals surface area contributed by atoms with Crippen molar-refractivity contribution in [3.63, 3.8) is 0 Å². The largest absolute Gasteiger partial charge is 0.371 e. The van der Waals surface area contributed by atoms with Crippen LogP contribution < -0.4 is 4.90 Å². The van der Waals surface area contributed by atoms with Crippen LogP contribution in [0, 0.1) is 5.92 Å². The average molecular weight is 418 g/mol. The Balaban J connectivity index is 1.32. The van der Waals surface area contributed by atoms with Crippen molar-refractivity contribution in [3.8, 4) is 0 Å². The molecule has 2 fully saturated rings. The Morgan fingerprint density at radius 3 is 2.45 bits per heavy atom. The molecule has 3 aliphatic rings. The molecule has 2 saturated heterocycles. The molecule has 0 radical (unpaired) electrons. The predicted molar refractivity (Wildman–Crippen MR) is 116 cm³/mol. The zero-order valence-electron chi connectivity index (χ0n) is 17.5. The number of hydrogen-bond donors (Lipinski definition) is 0. The second kappa shape index (κ2) is 8.13. The van der Waals surface area contributed by atoms with E-state index in [0.29, 0.717) is 24.2 Å². The Bertz CT molecular complexity index is 1010. The van der Waals surface area contributed by atoms with Gasteiger partial charge in [-0.15, -0.1) is 0 Å². The molecule has 7 nitrogen and oxygen atoms in total. The summed E-state index contributed by atoms with van der Waals surface area (Å²) in [5, 5.41) is 0. The van der Waals surface area contributed by atoms with E-state index in [4.69, 9.17) is 0 Å². The maximum Gasteiger partial charge on any atom is 0.263 e. The zero-order valence-corrected chi connectivity index (χ0v) is 17.5. The molecular formula is C24H26N4O3. The van der Waals surface area contributed by atoms with Gasteiger partial charge in [0.05, 0.1) is 23.4 Å². The Morgan fingerprint density at radius 1 is 0.968 bits per heavy atom. The van der Waals surface area contributed by atoms with Crippen LogP contribution in [0.4, 0.5) is 5.69 Å². The molecule has 31 heavy (non-hydrogen) atoms. The highest BCUT2D eigenvalue weighted by molar-refractivity contribution is 6.23. The molecule has 0 unspecified atom stereocenters. The molecular weight excluding hydrogens is 392 g/mol. The van der Waals surface area contributed by atoms with Gasteiger partial charge in [-0.3, -0.25) is 24.3 Å². The molecule has 4 heterocycles. The van der Waals surface area contributed by atoms with Gasteiger partial charge in [0, 0.05) is 44.5 Å². The minimum atomic E-state index is -0.259. The molecule has 1 aromatic carbocycles. The highest BCUT2D eigenvalue weighted by Gasteiger charge is 2.39. The first kappa shape index (κ1) is 19.7. The van der Waals surface area contributed by atoms with E-state index in [2.05, 4.69) is 9.88 Å². The van der Waals surface area contributed by atoms with E-state index in [9.17, 15) is 14.4 Å². The van der Waals surface area contributed by atoms with Crippen molar-refractivity contribution >= 4 is 23.4 Å². The van der Waals surface area contributed by atoms with E-state index >= 15 is 0 Å². The van der Waals surface area contributed by atoms with Crippen LogP contribution in [0.15, 0.2) is 42.7 Å². The van der Waals surface area contributed by atoms with Crippen LogP contribution in [0.3, 0.4) is 0 Å². The molecule has 0 atom stereocenters. The van der Waals surface area contributed by atoms with E-state index < -0.39 is 0 Å². The summed E-state index contributed by atoms with van der Waals surface area (Å²) in [6.07, 6.45) is 7.11. The van der Waals surface area contributed by atoms with Crippen LogP contribution >= 0.6 is 0 Å². The molecule has 160 valence electrons. The van der Waals surface area contributed by atoms with Crippen LogP contribution in [0.2, 0.25) is 0 Å². The topological polar surface area (TPSA) is 73.8 Å². The number of carbonyl (C=O) groups is 3. The van der Waals surface area contributed by atoms with Gasteiger partial charge in [-0.2, -0.15) is 0 Å². The van der Waals surface area contributed by atoms with Gasteiger partial charge in [0.2, 0.25) is 5.91 Å². The SMILES string of the molecule is O=C(C1CCN(c2cccc3c2C(=O)N(Cc2cccnc2)C3=O)CC1)N1CCCC1. The van der Waals surface area contributed by atoms with E-state index in [1.54, 1.807) is 24.5 Å².